The highest BCUT2D eigenvalue weighted by Gasteiger charge is 2.83. The molecule has 12 heteroatoms. The molecule has 0 amide bonds. The molecule has 1 aliphatic rings. The molecule has 2 atom stereocenters. The second-order valence-electron chi connectivity index (χ2n) is 6.16. The van der Waals surface area contributed by atoms with Crippen LogP contribution in [0.1, 0.15) is 30.9 Å². The summed E-state index contributed by atoms with van der Waals surface area (Å²) in [5.41, 5.74) is -1.00. The number of hydrogen-bond acceptors (Lipinski definition) is 3. The molecule has 2 rings (SSSR count). The Labute approximate surface area is 153 Å². The molecule has 0 saturated carbocycles. The summed E-state index contributed by atoms with van der Waals surface area (Å²) < 4.78 is 127. The monoisotopic (exact) mass is 426 g/mol. The van der Waals surface area contributed by atoms with Crippen molar-refractivity contribution in [2.45, 2.75) is 55.6 Å². The summed E-state index contributed by atoms with van der Waals surface area (Å²) >= 11 is 0. The quantitative estimate of drug-likeness (QED) is 0.644. The maximum Gasteiger partial charge on any atom is 0.460 e. The molecule has 1 heterocycles. The van der Waals surface area contributed by atoms with Crippen LogP contribution in [0.3, 0.4) is 0 Å². The van der Waals surface area contributed by atoms with Gasteiger partial charge in [-0.2, -0.15) is 39.5 Å². The van der Waals surface area contributed by atoms with Crippen LogP contribution in [0.4, 0.5) is 39.5 Å². The first kappa shape index (κ1) is 22.6. The third-order valence-electron chi connectivity index (χ3n) is 4.11. The van der Waals surface area contributed by atoms with E-state index in [0.29, 0.717) is 25.2 Å². The van der Waals surface area contributed by atoms with Crippen LogP contribution in [0, 0.1) is 0 Å². The molecule has 0 aliphatic carbocycles. The molecule has 160 valence electrons. The average molecular weight is 426 g/mol. The summed E-state index contributed by atoms with van der Waals surface area (Å²) in [7, 11) is 0. The smallest absolute Gasteiger partial charge is 0.460 e. The minimum absolute atomic E-state index is 0.0403. The Hall–Kier alpha value is -1.69. The number of rotatable bonds is 6. The molecule has 2 unspecified atom stereocenters. The van der Waals surface area contributed by atoms with Crippen LogP contribution in [-0.2, 0) is 4.74 Å². The molecule has 3 nitrogen and oxygen atoms in total. The van der Waals surface area contributed by atoms with Crippen molar-refractivity contribution in [3.05, 3.63) is 29.8 Å². The minimum atomic E-state index is -7.06. The van der Waals surface area contributed by atoms with Crippen LogP contribution in [0.25, 0.3) is 0 Å². The Bertz CT molecular complexity index is 652. The average Bonchev–Trinajstić information content (AvgIpc) is 2.61. The van der Waals surface area contributed by atoms with Gasteiger partial charge in [-0.3, -0.25) is 0 Å². The first-order valence-corrected chi connectivity index (χ1v) is 7.98. The van der Waals surface area contributed by atoms with E-state index in [-0.39, 0.29) is 5.75 Å². The highest BCUT2D eigenvalue weighted by atomic mass is 19.4. The third-order valence-corrected chi connectivity index (χ3v) is 4.11. The molecule has 1 fully saturated rings. The maximum atomic E-state index is 13.7. The standard InChI is InChI=1S/C16H15F9O3/c17-13(18,14(19,20)15(21,22)16(23,24)25)12(26)9-4-6-10(7-5-9)28-11-3-1-2-8-27-11/h4-7,11-12,26H,1-3,8H2. The Balaban J connectivity index is 2.20. The Kier molecular flexibility index (Phi) is 6.15. The van der Waals surface area contributed by atoms with Gasteiger partial charge in [-0.25, -0.2) is 0 Å². The Morgan fingerprint density at radius 3 is 1.93 bits per heavy atom. The minimum Gasteiger partial charge on any atom is -0.465 e. The SMILES string of the molecule is OC(c1ccc(OC2CCCCO2)cc1)C(F)(F)C(F)(F)C(F)(F)C(F)(F)F. The van der Waals surface area contributed by atoms with Crippen molar-refractivity contribution in [2.24, 2.45) is 0 Å². The molecule has 1 aromatic rings. The van der Waals surface area contributed by atoms with Gasteiger partial charge in [0.15, 0.2) is 6.29 Å². The lowest BCUT2D eigenvalue weighted by Gasteiger charge is -2.36. The molecule has 0 radical (unpaired) electrons. The topological polar surface area (TPSA) is 38.7 Å². The largest absolute Gasteiger partial charge is 0.465 e. The summed E-state index contributed by atoms with van der Waals surface area (Å²) in [4.78, 5) is 0. The zero-order chi connectivity index (χ0) is 21.4. The number of aliphatic hydroxyl groups excluding tert-OH is 1. The van der Waals surface area contributed by atoms with E-state index in [9.17, 15) is 44.6 Å². The lowest BCUT2D eigenvalue weighted by Crippen LogP contribution is -2.62. The van der Waals surface area contributed by atoms with Gasteiger partial charge in [-0.05, 0) is 30.5 Å². The predicted molar refractivity (Wildman–Crippen MR) is 76.5 cm³/mol. The molecular formula is C16H15F9O3. The van der Waals surface area contributed by atoms with Crippen molar-refractivity contribution in [1.29, 1.82) is 0 Å². The highest BCUT2D eigenvalue weighted by molar-refractivity contribution is 5.30. The third kappa shape index (κ3) is 4.02. The van der Waals surface area contributed by atoms with E-state index >= 15 is 0 Å². The van der Waals surface area contributed by atoms with Gasteiger partial charge in [0.1, 0.15) is 11.9 Å². The first-order chi connectivity index (χ1) is 12.7. The van der Waals surface area contributed by atoms with Gasteiger partial charge in [-0.1, -0.05) is 12.1 Å². The van der Waals surface area contributed by atoms with Crippen molar-refractivity contribution in [3.63, 3.8) is 0 Å². The Morgan fingerprint density at radius 2 is 1.46 bits per heavy atom. The summed E-state index contributed by atoms with van der Waals surface area (Å²) in [6.07, 6.45) is -9.07. The van der Waals surface area contributed by atoms with E-state index in [1.54, 1.807) is 0 Å². The Morgan fingerprint density at radius 1 is 0.893 bits per heavy atom. The molecular weight excluding hydrogens is 411 g/mol. The number of benzene rings is 1. The van der Waals surface area contributed by atoms with Crippen molar-refractivity contribution >= 4 is 0 Å². The van der Waals surface area contributed by atoms with Gasteiger partial charge in [0.2, 0.25) is 0 Å². The van der Waals surface area contributed by atoms with Gasteiger partial charge in [0, 0.05) is 6.42 Å². The molecule has 0 spiro atoms. The fourth-order valence-electron chi connectivity index (χ4n) is 2.45. The zero-order valence-corrected chi connectivity index (χ0v) is 14.0. The van der Waals surface area contributed by atoms with Crippen molar-refractivity contribution in [3.8, 4) is 5.75 Å². The molecule has 0 aromatic heterocycles. The summed E-state index contributed by atoms with van der Waals surface area (Å²) in [5.74, 6) is -20.0. The fraction of sp³-hybridized carbons (Fsp3) is 0.625. The predicted octanol–water partition coefficient (Wildman–Crippen LogP) is 5.09. The van der Waals surface area contributed by atoms with Crippen LogP contribution in [0.2, 0.25) is 0 Å². The lowest BCUT2D eigenvalue weighted by atomic mass is 9.94. The molecule has 0 bridgehead atoms. The van der Waals surface area contributed by atoms with E-state index in [0.717, 1.165) is 25.0 Å². The van der Waals surface area contributed by atoms with Crippen molar-refractivity contribution in [1.82, 2.24) is 0 Å². The number of alkyl halides is 9. The van der Waals surface area contributed by atoms with E-state index in [4.69, 9.17) is 9.47 Å². The van der Waals surface area contributed by atoms with Gasteiger partial charge in [-0.15, -0.1) is 0 Å². The maximum absolute atomic E-state index is 13.7. The molecule has 1 N–H and O–H groups in total. The van der Waals surface area contributed by atoms with Gasteiger partial charge < -0.3 is 14.6 Å². The molecule has 1 aromatic carbocycles. The normalized spacial score (nSPS) is 20.7. The van der Waals surface area contributed by atoms with Gasteiger partial charge in [0.25, 0.3) is 0 Å². The molecule has 28 heavy (non-hydrogen) atoms. The summed E-state index contributed by atoms with van der Waals surface area (Å²) in [5, 5.41) is 9.43. The molecule has 1 aliphatic heterocycles. The second kappa shape index (κ2) is 7.62. The number of halogens is 9. The summed E-state index contributed by atoms with van der Waals surface area (Å²) in [6.45, 7) is 0.427. The van der Waals surface area contributed by atoms with Gasteiger partial charge >= 0.3 is 23.9 Å². The van der Waals surface area contributed by atoms with E-state index in [1.807, 2.05) is 0 Å². The van der Waals surface area contributed by atoms with Crippen molar-refractivity contribution in [2.75, 3.05) is 6.61 Å². The van der Waals surface area contributed by atoms with E-state index in [2.05, 4.69) is 0 Å². The molecule has 1 saturated heterocycles. The summed E-state index contributed by atoms with van der Waals surface area (Å²) in [6, 6.07) is 3.23. The highest BCUT2D eigenvalue weighted by Crippen LogP contribution is 2.56. The second-order valence-corrected chi connectivity index (χ2v) is 6.16. The van der Waals surface area contributed by atoms with Crippen LogP contribution in [0.5, 0.6) is 5.75 Å². The van der Waals surface area contributed by atoms with Gasteiger partial charge in [0.05, 0.1) is 6.61 Å². The number of ether oxygens (including phenoxy) is 2. The van der Waals surface area contributed by atoms with Crippen molar-refractivity contribution < 1.29 is 54.1 Å². The van der Waals surface area contributed by atoms with E-state index < -0.39 is 41.9 Å². The van der Waals surface area contributed by atoms with Crippen LogP contribution >= 0.6 is 0 Å². The fourth-order valence-corrected chi connectivity index (χ4v) is 2.45. The first-order valence-electron chi connectivity index (χ1n) is 7.98. The van der Waals surface area contributed by atoms with Crippen LogP contribution in [-0.4, -0.2) is 41.9 Å². The van der Waals surface area contributed by atoms with E-state index in [1.165, 1.54) is 0 Å². The lowest BCUT2D eigenvalue weighted by molar-refractivity contribution is -0.406. The number of hydrogen-bond donors (Lipinski definition) is 1. The van der Waals surface area contributed by atoms with Crippen LogP contribution < -0.4 is 4.74 Å². The van der Waals surface area contributed by atoms with Crippen LogP contribution in [0.15, 0.2) is 24.3 Å². The number of aliphatic hydroxyl groups is 1. The zero-order valence-electron chi connectivity index (χ0n) is 14.0.